The fourth-order valence-electron chi connectivity index (χ4n) is 3.43. The molecule has 0 aliphatic heterocycles. The second kappa shape index (κ2) is 9.39. The first-order valence-corrected chi connectivity index (χ1v) is 9.84. The monoisotopic (exact) mass is 408 g/mol. The number of carbonyl (C=O) groups excluding carboxylic acids is 2. The van der Waals surface area contributed by atoms with Gasteiger partial charge in [-0.25, -0.2) is 9.18 Å². The molecular weight excluding hydrogens is 383 g/mol. The van der Waals surface area contributed by atoms with Crippen LogP contribution in [0.4, 0.5) is 4.39 Å². The minimum absolute atomic E-state index is 0.276. The predicted octanol–water partition coefficient (Wildman–Crippen LogP) is 4.79. The molecule has 156 valence electrons. The zero-order chi connectivity index (χ0) is 21.7. The van der Waals surface area contributed by atoms with Crippen molar-refractivity contribution >= 4 is 11.9 Å². The molecule has 0 aliphatic carbocycles. The second-order valence-electron chi connectivity index (χ2n) is 7.11. The topological polar surface area (TPSA) is 62.4 Å². The molecule has 6 heteroatoms. The van der Waals surface area contributed by atoms with E-state index >= 15 is 0 Å². The summed E-state index contributed by atoms with van der Waals surface area (Å²) in [7, 11) is 0. The Hall–Kier alpha value is -3.41. The third kappa shape index (κ3) is 4.76. The van der Waals surface area contributed by atoms with Crippen molar-refractivity contribution in [3.05, 3.63) is 94.1 Å². The van der Waals surface area contributed by atoms with Gasteiger partial charge in [-0.1, -0.05) is 36.4 Å². The van der Waals surface area contributed by atoms with E-state index < -0.39 is 11.8 Å². The summed E-state index contributed by atoms with van der Waals surface area (Å²) in [5.74, 6) is -1.16. The zero-order valence-electron chi connectivity index (χ0n) is 17.4. The Morgan fingerprint density at radius 2 is 1.77 bits per heavy atom. The van der Waals surface area contributed by atoms with Gasteiger partial charge < -0.3 is 14.6 Å². The van der Waals surface area contributed by atoms with Crippen LogP contribution < -0.4 is 0 Å². The summed E-state index contributed by atoms with van der Waals surface area (Å²) in [5.41, 5.74) is 4.01. The highest BCUT2D eigenvalue weighted by Gasteiger charge is 2.23. The van der Waals surface area contributed by atoms with Crippen molar-refractivity contribution in [1.29, 1.82) is 0 Å². The van der Waals surface area contributed by atoms with Crippen LogP contribution in [0.5, 0.6) is 0 Å². The van der Waals surface area contributed by atoms with E-state index in [4.69, 9.17) is 4.74 Å². The molecule has 0 bridgehead atoms. The number of halogens is 1. The van der Waals surface area contributed by atoms with E-state index in [0.29, 0.717) is 12.2 Å². The lowest BCUT2D eigenvalue weighted by Crippen LogP contribution is -2.30. The highest BCUT2D eigenvalue weighted by molar-refractivity contribution is 5.94. The highest BCUT2D eigenvalue weighted by Crippen LogP contribution is 2.23. The van der Waals surface area contributed by atoms with Crippen molar-refractivity contribution in [2.45, 2.75) is 33.9 Å². The molecule has 3 aromatic rings. The van der Waals surface area contributed by atoms with Crippen molar-refractivity contribution in [2.75, 3.05) is 6.61 Å². The number of nitrogens with zero attached hydrogens (tertiary/aromatic N) is 1. The fraction of sp³-hybridized carbons (Fsp3) is 0.250. The SMILES string of the molecule is CCOC(=O)c1[nH]c(C)c(CN(Cc2ccccc2)C(=O)c2cccc(F)c2)c1C. The van der Waals surface area contributed by atoms with Gasteiger partial charge in [0.2, 0.25) is 0 Å². The van der Waals surface area contributed by atoms with Crippen LogP contribution >= 0.6 is 0 Å². The van der Waals surface area contributed by atoms with E-state index in [0.717, 1.165) is 22.4 Å². The number of esters is 1. The number of H-pyrrole nitrogens is 1. The maximum absolute atomic E-state index is 13.7. The third-order valence-electron chi connectivity index (χ3n) is 5.00. The van der Waals surface area contributed by atoms with Crippen molar-refractivity contribution in [3.63, 3.8) is 0 Å². The van der Waals surface area contributed by atoms with E-state index in [2.05, 4.69) is 4.98 Å². The lowest BCUT2D eigenvalue weighted by atomic mass is 10.1. The van der Waals surface area contributed by atoms with Crippen LogP contribution in [-0.4, -0.2) is 28.4 Å². The summed E-state index contributed by atoms with van der Waals surface area (Å²) in [4.78, 5) is 30.2. The van der Waals surface area contributed by atoms with Crippen molar-refractivity contribution in [1.82, 2.24) is 9.88 Å². The molecule has 0 fully saturated rings. The number of ether oxygens (including phenoxy) is 1. The third-order valence-corrected chi connectivity index (χ3v) is 5.00. The molecule has 0 aliphatic rings. The maximum atomic E-state index is 13.7. The maximum Gasteiger partial charge on any atom is 0.355 e. The predicted molar refractivity (Wildman–Crippen MR) is 113 cm³/mol. The number of rotatable bonds is 7. The number of aromatic amines is 1. The molecular formula is C24H25FN2O3. The van der Waals surface area contributed by atoms with Crippen LogP contribution in [0.25, 0.3) is 0 Å². The molecule has 0 unspecified atom stereocenters. The summed E-state index contributed by atoms with van der Waals surface area (Å²) < 4.78 is 18.8. The Morgan fingerprint density at radius 3 is 2.43 bits per heavy atom. The molecule has 0 saturated heterocycles. The number of amides is 1. The quantitative estimate of drug-likeness (QED) is 0.572. The van der Waals surface area contributed by atoms with E-state index in [1.54, 1.807) is 17.9 Å². The number of aryl methyl sites for hydroxylation is 1. The van der Waals surface area contributed by atoms with Gasteiger partial charge in [0.05, 0.1) is 6.61 Å². The number of nitrogens with one attached hydrogen (secondary N) is 1. The van der Waals surface area contributed by atoms with E-state index in [1.807, 2.05) is 44.2 Å². The number of benzene rings is 2. The molecule has 1 heterocycles. The molecule has 3 rings (SSSR count). The number of hydrogen-bond donors (Lipinski definition) is 1. The molecule has 1 N–H and O–H groups in total. The minimum Gasteiger partial charge on any atom is -0.461 e. The Kier molecular flexibility index (Phi) is 6.67. The molecule has 0 spiro atoms. The Labute approximate surface area is 175 Å². The van der Waals surface area contributed by atoms with Crippen LogP contribution in [0.15, 0.2) is 54.6 Å². The molecule has 0 saturated carbocycles. The molecule has 30 heavy (non-hydrogen) atoms. The average molecular weight is 408 g/mol. The largest absolute Gasteiger partial charge is 0.461 e. The normalized spacial score (nSPS) is 10.7. The summed E-state index contributed by atoms with van der Waals surface area (Å²) in [6, 6.07) is 15.3. The van der Waals surface area contributed by atoms with Crippen LogP contribution in [0.3, 0.4) is 0 Å². The standard InChI is InChI=1S/C24H25FN2O3/c1-4-30-24(29)22-16(2)21(17(3)26-22)15-27(14-18-9-6-5-7-10-18)23(28)19-11-8-12-20(25)13-19/h5-13,26H,4,14-15H2,1-3H3. The summed E-state index contributed by atoms with van der Waals surface area (Å²) in [6.07, 6.45) is 0. The molecule has 0 atom stereocenters. The number of carbonyl (C=O) groups is 2. The lowest BCUT2D eigenvalue weighted by molar-refractivity contribution is 0.0519. The van der Waals surface area contributed by atoms with Gasteiger partial charge in [0, 0.05) is 24.3 Å². The Morgan fingerprint density at radius 1 is 1.03 bits per heavy atom. The van der Waals surface area contributed by atoms with Crippen LogP contribution in [0.1, 0.15) is 50.2 Å². The summed E-state index contributed by atoms with van der Waals surface area (Å²) >= 11 is 0. The van der Waals surface area contributed by atoms with Crippen LogP contribution in [0.2, 0.25) is 0 Å². The van der Waals surface area contributed by atoms with Gasteiger partial charge >= 0.3 is 5.97 Å². The Balaban J connectivity index is 1.95. The number of hydrogen-bond acceptors (Lipinski definition) is 3. The van der Waals surface area contributed by atoms with Gasteiger partial charge in [-0.3, -0.25) is 4.79 Å². The molecule has 1 aromatic heterocycles. The molecule has 2 aromatic carbocycles. The molecule has 5 nitrogen and oxygen atoms in total. The van der Waals surface area contributed by atoms with Gasteiger partial charge in [0.25, 0.3) is 5.91 Å². The van der Waals surface area contributed by atoms with E-state index in [1.165, 1.54) is 18.2 Å². The van der Waals surface area contributed by atoms with E-state index in [-0.39, 0.29) is 24.6 Å². The Bertz CT molecular complexity index is 1040. The molecule has 0 radical (unpaired) electrons. The van der Waals surface area contributed by atoms with Crippen molar-refractivity contribution in [3.8, 4) is 0 Å². The first-order valence-electron chi connectivity index (χ1n) is 9.84. The summed E-state index contributed by atoms with van der Waals surface area (Å²) in [6.45, 7) is 6.36. The number of aromatic nitrogens is 1. The van der Waals surface area contributed by atoms with Crippen LogP contribution in [-0.2, 0) is 17.8 Å². The first-order chi connectivity index (χ1) is 14.4. The first kappa shape index (κ1) is 21.3. The zero-order valence-corrected chi connectivity index (χ0v) is 17.4. The minimum atomic E-state index is -0.459. The smallest absolute Gasteiger partial charge is 0.355 e. The van der Waals surface area contributed by atoms with Crippen molar-refractivity contribution in [2.24, 2.45) is 0 Å². The average Bonchev–Trinajstić information content (AvgIpc) is 3.02. The van der Waals surface area contributed by atoms with Gasteiger partial charge in [0.1, 0.15) is 11.5 Å². The summed E-state index contributed by atoms with van der Waals surface area (Å²) in [5, 5.41) is 0. The van der Waals surface area contributed by atoms with Gasteiger partial charge in [-0.05, 0) is 55.7 Å². The van der Waals surface area contributed by atoms with Gasteiger partial charge in [-0.2, -0.15) is 0 Å². The van der Waals surface area contributed by atoms with Gasteiger partial charge in [0.15, 0.2) is 0 Å². The van der Waals surface area contributed by atoms with E-state index in [9.17, 15) is 14.0 Å². The van der Waals surface area contributed by atoms with Crippen molar-refractivity contribution < 1.29 is 18.7 Å². The highest BCUT2D eigenvalue weighted by atomic mass is 19.1. The second-order valence-corrected chi connectivity index (χ2v) is 7.11. The van der Waals surface area contributed by atoms with Crippen LogP contribution in [0, 0.1) is 19.7 Å². The molecule has 1 amide bonds. The lowest BCUT2D eigenvalue weighted by Gasteiger charge is -2.24. The fourth-order valence-corrected chi connectivity index (χ4v) is 3.43. The van der Waals surface area contributed by atoms with Gasteiger partial charge in [-0.15, -0.1) is 0 Å².